The van der Waals surface area contributed by atoms with E-state index in [1.807, 2.05) is 31.2 Å². The van der Waals surface area contributed by atoms with Gasteiger partial charge in [0.05, 0.1) is 0 Å². The monoisotopic (exact) mass is 192 g/mol. The molecule has 2 nitrogen and oxygen atoms in total. The van der Waals surface area contributed by atoms with Crippen LogP contribution in [0, 0.1) is 6.92 Å². The van der Waals surface area contributed by atoms with Crippen molar-refractivity contribution in [3.05, 3.63) is 35.4 Å². The maximum absolute atomic E-state index is 10.2. The van der Waals surface area contributed by atoms with Crippen LogP contribution in [0.15, 0.2) is 24.3 Å². The van der Waals surface area contributed by atoms with Gasteiger partial charge in [0, 0.05) is 18.8 Å². The average molecular weight is 192 g/mol. The summed E-state index contributed by atoms with van der Waals surface area (Å²) in [5, 5.41) is 0. The van der Waals surface area contributed by atoms with Crippen LogP contribution < -0.4 is 0 Å². The molecule has 2 rings (SSSR count). The van der Waals surface area contributed by atoms with Crippen molar-refractivity contribution in [3.63, 3.8) is 0 Å². The lowest BCUT2D eigenvalue weighted by Gasteiger charge is -1.92. The van der Waals surface area contributed by atoms with Gasteiger partial charge in [-0.2, -0.15) is 0 Å². The first-order valence-electron chi connectivity index (χ1n) is 4.93. The highest BCUT2D eigenvalue weighted by Crippen LogP contribution is 2.02. The van der Waals surface area contributed by atoms with E-state index in [2.05, 4.69) is 0 Å². The van der Waals surface area contributed by atoms with Crippen LogP contribution in [0.3, 0.4) is 0 Å². The summed E-state index contributed by atoms with van der Waals surface area (Å²) in [7, 11) is 0. The maximum Gasteiger partial charge on any atom is 0.150 e. The summed E-state index contributed by atoms with van der Waals surface area (Å²) >= 11 is 0. The number of carbonyl (C=O) groups excluding carboxylic acids is 1. The Morgan fingerprint density at radius 1 is 1.21 bits per heavy atom. The van der Waals surface area contributed by atoms with Gasteiger partial charge < -0.3 is 4.74 Å². The van der Waals surface area contributed by atoms with Gasteiger partial charge in [-0.25, -0.2) is 0 Å². The van der Waals surface area contributed by atoms with Gasteiger partial charge in [0.25, 0.3) is 0 Å². The number of aryl methyl sites for hydroxylation is 1. The van der Waals surface area contributed by atoms with Crippen molar-refractivity contribution in [1.29, 1.82) is 0 Å². The first kappa shape index (κ1) is 10.9. The van der Waals surface area contributed by atoms with Gasteiger partial charge in [-0.1, -0.05) is 24.3 Å². The van der Waals surface area contributed by atoms with E-state index in [0.29, 0.717) is 0 Å². The number of aldehydes is 1. The Balaban J connectivity index is 0.000000165. The summed E-state index contributed by atoms with van der Waals surface area (Å²) in [6.45, 7) is 3.92. The number of benzene rings is 1. The zero-order chi connectivity index (χ0) is 10.2. The molecule has 1 aromatic carbocycles. The fourth-order valence-corrected chi connectivity index (χ4v) is 1.23. The smallest absolute Gasteiger partial charge is 0.150 e. The summed E-state index contributed by atoms with van der Waals surface area (Å²) < 4.78 is 4.94. The van der Waals surface area contributed by atoms with Crippen molar-refractivity contribution in [2.24, 2.45) is 0 Å². The van der Waals surface area contributed by atoms with Gasteiger partial charge in [0.15, 0.2) is 0 Å². The highest BCUT2D eigenvalue weighted by Gasteiger charge is 1.94. The van der Waals surface area contributed by atoms with Gasteiger partial charge >= 0.3 is 0 Å². The van der Waals surface area contributed by atoms with Gasteiger partial charge in [-0.05, 0) is 25.3 Å². The number of rotatable bonds is 1. The molecule has 0 saturated carbocycles. The molecular weight excluding hydrogens is 176 g/mol. The molecule has 0 aliphatic carbocycles. The normalized spacial score (nSPS) is 14.4. The summed E-state index contributed by atoms with van der Waals surface area (Å²) in [5.74, 6) is 0. The lowest BCUT2D eigenvalue weighted by molar-refractivity contribution is 0.112. The van der Waals surface area contributed by atoms with Crippen molar-refractivity contribution >= 4 is 6.29 Å². The Morgan fingerprint density at radius 2 is 1.86 bits per heavy atom. The second kappa shape index (κ2) is 6.33. The second-order valence-corrected chi connectivity index (χ2v) is 3.29. The topological polar surface area (TPSA) is 26.3 Å². The third-order valence-electron chi connectivity index (χ3n) is 2.14. The molecule has 0 unspecified atom stereocenters. The van der Waals surface area contributed by atoms with Gasteiger partial charge in [0.2, 0.25) is 0 Å². The van der Waals surface area contributed by atoms with Crippen molar-refractivity contribution < 1.29 is 9.53 Å². The minimum atomic E-state index is 0.775. The zero-order valence-corrected chi connectivity index (χ0v) is 8.53. The third kappa shape index (κ3) is 3.71. The van der Waals surface area contributed by atoms with Crippen LogP contribution in [0.4, 0.5) is 0 Å². The molecule has 0 N–H and O–H groups in total. The average Bonchev–Trinajstić information content (AvgIpc) is 2.76. The highest BCUT2D eigenvalue weighted by atomic mass is 16.5. The summed E-state index contributed by atoms with van der Waals surface area (Å²) in [6.07, 6.45) is 3.43. The quantitative estimate of drug-likeness (QED) is 0.639. The van der Waals surface area contributed by atoms with Crippen molar-refractivity contribution in [2.45, 2.75) is 19.8 Å². The predicted octanol–water partition coefficient (Wildman–Crippen LogP) is 2.60. The van der Waals surface area contributed by atoms with Crippen LogP contribution in [0.25, 0.3) is 0 Å². The number of hydrogen-bond donors (Lipinski definition) is 0. The van der Waals surface area contributed by atoms with Crippen LogP contribution in [0.1, 0.15) is 28.8 Å². The molecule has 1 fully saturated rings. The molecule has 0 aromatic heterocycles. The molecule has 1 heterocycles. The highest BCUT2D eigenvalue weighted by molar-refractivity contribution is 5.76. The Kier molecular flexibility index (Phi) is 4.94. The van der Waals surface area contributed by atoms with Gasteiger partial charge in [0.1, 0.15) is 6.29 Å². The molecule has 0 bridgehead atoms. The molecule has 76 valence electrons. The molecular formula is C12H16O2. The van der Waals surface area contributed by atoms with Crippen molar-refractivity contribution in [2.75, 3.05) is 13.2 Å². The van der Waals surface area contributed by atoms with E-state index in [1.165, 1.54) is 12.8 Å². The van der Waals surface area contributed by atoms with E-state index in [-0.39, 0.29) is 0 Å². The zero-order valence-electron chi connectivity index (χ0n) is 8.53. The van der Waals surface area contributed by atoms with Crippen LogP contribution in [0.2, 0.25) is 0 Å². The fourth-order valence-electron chi connectivity index (χ4n) is 1.23. The number of carbonyl (C=O) groups is 1. The minimum absolute atomic E-state index is 0.775. The van der Waals surface area contributed by atoms with Gasteiger partial charge in [-0.15, -0.1) is 0 Å². The van der Waals surface area contributed by atoms with E-state index in [1.54, 1.807) is 0 Å². The molecule has 1 aromatic rings. The summed E-state index contributed by atoms with van der Waals surface area (Å²) in [4.78, 5) is 10.2. The standard InChI is InChI=1S/C8H8O.C4H8O/c1-7-4-2-3-5-8(7)6-9;1-2-4-5-3-1/h2-6H,1H3;1-4H2. The first-order chi connectivity index (χ1) is 6.84. The van der Waals surface area contributed by atoms with E-state index in [0.717, 1.165) is 30.6 Å². The lowest BCUT2D eigenvalue weighted by Crippen LogP contribution is -1.82. The molecule has 0 spiro atoms. The third-order valence-corrected chi connectivity index (χ3v) is 2.14. The minimum Gasteiger partial charge on any atom is -0.381 e. The SMILES string of the molecule is C1CCOC1.Cc1ccccc1C=O. The van der Waals surface area contributed by atoms with Crippen LogP contribution in [-0.4, -0.2) is 19.5 Å². The van der Waals surface area contributed by atoms with Crippen LogP contribution in [0.5, 0.6) is 0 Å². The summed E-state index contributed by atoms with van der Waals surface area (Å²) in [6, 6.07) is 7.51. The van der Waals surface area contributed by atoms with E-state index in [9.17, 15) is 4.79 Å². The fraction of sp³-hybridized carbons (Fsp3) is 0.417. The molecule has 0 radical (unpaired) electrons. The van der Waals surface area contributed by atoms with E-state index < -0.39 is 0 Å². The molecule has 0 atom stereocenters. The molecule has 1 saturated heterocycles. The molecule has 0 amide bonds. The van der Waals surface area contributed by atoms with Gasteiger partial charge in [-0.3, -0.25) is 4.79 Å². The first-order valence-corrected chi connectivity index (χ1v) is 4.93. The predicted molar refractivity (Wildman–Crippen MR) is 56.6 cm³/mol. The second-order valence-electron chi connectivity index (χ2n) is 3.29. The lowest BCUT2D eigenvalue weighted by atomic mass is 10.1. The molecule has 2 heteroatoms. The van der Waals surface area contributed by atoms with Crippen molar-refractivity contribution in [3.8, 4) is 0 Å². The van der Waals surface area contributed by atoms with E-state index >= 15 is 0 Å². The Bertz CT molecular complexity index is 270. The Hall–Kier alpha value is -1.15. The molecule has 1 aliphatic rings. The largest absolute Gasteiger partial charge is 0.381 e. The van der Waals surface area contributed by atoms with Crippen molar-refractivity contribution in [1.82, 2.24) is 0 Å². The number of hydrogen-bond acceptors (Lipinski definition) is 2. The Morgan fingerprint density at radius 3 is 2.21 bits per heavy atom. The molecule has 1 aliphatic heterocycles. The van der Waals surface area contributed by atoms with E-state index in [4.69, 9.17) is 4.74 Å². The number of ether oxygens (including phenoxy) is 1. The maximum atomic E-state index is 10.2. The summed E-state index contributed by atoms with van der Waals surface area (Å²) in [5.41, 5.74) is 1.81. The van der Waals surface area contributed by atoms with Crippen LogP contribution >= 0.6 is 0 Å². The Labute approximate surface area is 84.9 Å². The molecule has 14 heavy (non-hydrogen) atoms. The van der Waals surface area contributed by atoms with Crippen LogP contribution in [-0.2, 0) is 4.74 Å².